The Kier molecular flexibility index (Phi) is 30.8. The van der Waals surface area contributed by atoms with Gasteiger partial charge in [0, 0.05) is 26.7 Å². The first-order chi connectivity index (χ1) is 7.06. The van der Waals surface area contributed by atoms with Gasteiger partial charge in [0.15, 0.2) is 0 Å². The van der Waals surface area contributed by atoms with Crippen LogP contribution in [-0.2, 0) is 14.3 Å². The van der Waals surface area contributed by atoms with Gasteiger partial charge in [-0.1, -0.05) is 0 Å². The van der Waals surface area contributed by atoms with E-state index in [4.69, 9.17) is 24.5 Å². The molecule has 0 aliphatic rings. The fourth-order valence-corrected chi connectivity index (χ4v) is 0.407. The van der Waals surface area contributed by atoms with Gasteiger partial charge in [0.2, 0.25) is 0 Å². The molecular weight excluding hydrogens is 200 g/mol. The average molecular weight is 224 g/mol. The number of carboxylic acids is 1. The number of rotatable bonds is 5. The Morgan fingerprint density at radius 3 is 1.40 bits per heavy atom. The molecule has 0 amide bonds. The number of carbonyl (C=O) groups is 1. The molecule has 0 atom stereocenters. The van der Waals surface area contributed by atoms with Crippen LogP contribution in [0.5, 0.6) is 0 Å². The van der Waals surface area contributed by atoms with Crippen molar-refractivity contribution in [2.24, 2.45) is 0 Å². The van der Waals surface area contributed by atoms with Crippen molar-refractivity contribution in [3.8, 4) is 0 Å². The van der Waals surface area contributed by atoms with Gasteiger partial charge in [-0.25, -0.2) is 0 Å². The summed E-state index contributed by atoms with van der Waals surface area (Å²) in [6.07, 6.45) is 0. The predicted molar refractivity (Wildman–Crippen MR) is 59.1 cm³/mol. The maximum absolute atomic E-state index is 9.00. The molecule has 0 aromatic rings. The Hall–Kier alpha value is -0.650. The summed E-state index contributed by atoms with van der Waals surface area (Å²) in [7, 11) is 0. The lowest BCUT2D eigenvalue weighted by Crippen LogP contribution is -2.02. The van der Waals surface area contributed by atoms with Gasteiger partial charge < -0.3 is 19.7 Å². The van der Waals surface area contributed by atoms with E-state index < -0.39 is 5.97 Å². The van der Waals surface area contributed by atoms with E-state index in [9.17, 15) is 0 Å². The number of aliphatic hydroxyl groups is 1. The van der Waals surface area contributed by atoms with Crippen LogP contribution in [0, 0.1) is 0 Å². The SMILES string of the molecule is CC(=O)O.CCO.CCOCCOCC. The number of ether oxygens (including phenoxy) is 2. The van der Waals surface area contributed by atoms with Crippen molar-refractivity contribution in [2.45, 2.75) is 27.7 Å². The Labute approximate surface area is 92.0 Å². The molecule has 0 fully saturated rings. The molecule has 0 aromatic carbocycles. The summed E-state index contributed by atoms with van der Waals surface area (Å²) in [5.74, 6) is -0.833. The van der Waals surface area contributed by atoms with Crippen LogP contribution < -0.4 is 0 Å². The maximum Gasteiger partial charge on any atom is 0.300 e. The van der Waals surface area contributed by atoms with Crippen LogP contribution in [0.1, 0.15) is 27.7 Å². The van der Waals surface area contributed by atoms with Crippen molar-refractivity contribution in [3.63, 3.8) is 0 Å². The van der Waals surface area contributed by atoms with Gasteiger partial charge in [0.05, 0.1) is 13.2 Å². The summed E-state index contributed by atoms with van der Waals surface area (Å²) in [4.78, 5) is 9.00. The molecule has 0 bridgehead atoms. The molecule has 0 aromatic heterocycles. The summed E-state index contributed by atoms with van der Waals surface area (Å²) in [6, 6.07) is 0. The predicted octanol–water partition coefficient (Wildman–Crippen LogP) is 1.15. The quantitative estimate of drug-likeness (QED) is 0.685. The normalized spacial score (nSPS) is 8.07. The molecule has 5 heteroatoms. The highest BCUT2D eigenvalue weighted by Gasteiger charge is 1.81. The summed E-state index contributed by atoms with van der Waals surface area (Å²) < 4.78 is 10.0. The lowest BCUT2D eigenvalue weighted by atomic mass is 10.7. The molecule has 2 N–H and O–H groups in total. The third-order valence-corrected chi connectivity index (χ3v) is 0.780. The minimum Gasteiger partial charge on any atom is -0.481 e. The first kappa shape index (κ1) is 19.9. The molecule has 5 nitrogen and oxygen atoms in total. The third-order valence-electron chi connectivity index (χ3n) is 0.780. The van der Waals surface area contributed by atoms with Gasteiger partial charge in [-0.2, -0.15) is 0 Å². The van der Waals surface area contributed by atoms with Crippen LogP contribution in [-0.4, -0.2) is 49.2 Å². The zero-order valence-corrected chi connectivity index (χ0v) is 10.2. The second-order valence-corrected chi connectivity index (χ2v) is 2.23. The van der Waals surface area contributed by atoms with Crippen LogP contribution in [0.25, 0.3) is 0 Å². The Morgan fingerprint density at radius 2 is 1.27 bits per heavy atom. The number of hydrogen-bond donors (Lipinski definition) is 2. The summed E-state index contributed by atoms with van der Waals surface area (Å²) in [5, 5.41) is 15.0. The summed E-state index contributed by atoms with van der Waals surface area (Å²) in [5.41, 5.74) is 0. The average Bonchev–Trinajstić information content (AvgIpc) is 2.13. The van der Waals surface area contributed by atoms with Crippen LogP contribution in [0.2, 0.25) is 0 Å². The number of hydrogen-bond acceptors (Lipinski definition) is 4. The Bertz CT molecular complexity index is 96.0. The minimum atomic E-state index is -0.833. The standard InChI is InChI=1S/C6H14O2.C2H4O2.C2H6O/c1-3-7-5-6-8-4-2;1-2(3)4;1-2-3/h3-6H2,1-2H3;1H3,(H,3,4);3H,2H2,1H3. The van der Waals surface area contributed by atoms with Crippen molar-refractivity contribution in [3.05, 3.63) is 0 Å². The first-order valence-corrected chi connectivity index (χ1v) is 5.02. The molecule has 15 heavy (non-hydrogen) atoms. The smallest absolute Gasteiger partial charge is 0.300 e. The van der Waals surface area contributed by atoms with Crippen LogP contribution in [0.15, 0.2) is 0 Å². The van der Waals surface area contributed by atoms with E-state index in [1.807, 2.05) is 13.8 Å². The van der Waals surface area contributed by atoms with E-state index in [-0.39, 0.29) is 6.61 Å². The maximum atomic E-state index is 9.00. The van der Waals surface area contributed by atoms with E-state index in [1.54, 1.807) is 6.92 Å². The second-order valence-electron chi connectivity index (χ2n) is 2.23. The van der Waals surface area contributed by atoms with E-state index >= 15 is 0 Å². The zero-order chi connectivity index (χ0) is 12.5. The second kappa shape index (κ2) is 23.3. The number of aliphatic carboxylic acids is 1. The topological polar surface area (TPSA) is 76.0 Å². The van der Waals surface area contributed by atoms with Gasteiger partial charge >= 0.3 is 0 Å². The van der Waals surface area contributed by atoms with E-state index in [1.165, 1.54) is 0 Å². The molecule has 0 saturated heterocycles. The largest absolute Gasteiger partial charge is 0.481 e. The molecule has 0 heterocycles. The van der Waals surface area contributed by atoms with E-state index in [0.717, 1.165) is 33.4 Å². The highest BCUT2D eigenvalue weighted by molar-refractivity contribution is 5.62. The third kappa shape index (κ3) is 90.9. The highest BCUT2D eigenvalue weighted by Crippen LogP contribution is 1.75. The van der Waals surface area contributed by atoms with Crippen molar-refractivity contribution >= 4 is 5.97 Å². The highest BCUT2D eigenvalue weighted by atomic mass is 16.5. The molecule has 0 rings (SSSR count). The van der Waals surface area contributed by atoms with Gasteiger partial charge in [0.1, 0.15) is 0 Å². The van der Waals surface area contributed by atoms with E-state index in [2.05, 4.69) is 0 Å². The lowest BCUT2D eigenvalue weighted by Gasteiger charge is -1.99. The van der Waals surface area contributed by atoms with Crippen LogP contribution in [0.4, 0.5) is 0 Å². The molecule has 0 saturated carbocycles. The van der Waals surface area contributed by atoms with Crippen LogP contribution >= 0.6 is 0 Å². The fraction of sp³-hybridized carbons (Fsp3) is 0.900. The summed E-state index contributed by atoms with van der Waals surface area (Å²) in [6.45, 7) is 9.99. The first-order valence-electron chi connectivity index (χ1n) is 5.02. The van der Waals surface area contributed by atoms with Crippen molar-refractivity contribution < 1.29 is 24.5 Å². The number of carboxylic acid groups (broad SMARTS) is 1. The minimum absolute atomic E-state index is 0.250. The van der Waals surface area contributed by atoms with Gasteiger partial charge in [-0.15, -0.1) is 0 Å². The molecular formula is C10H24O5. The Morgan fingerprint density at radius 1 is 1.07 bits per heavy atom. The lowest BCUT2D eigenvalue weighted by molar-refractivity contribution is -0.134. The van der Waals surface area contributed by atoms with Crippen molar-refractivity contribution in [1.29, 1.82) is 0 Å². The Balaban J connectivity index is -0.000000173. The molecule has 0 spiro atoms. The van der Waals surface area contributed by atoms with Crippen molar-refractivity contribution in [1.82, 2.24) is 0 Å². The molecule has 94 valence electrons. The van der Waals surface area contributed by atoms with Crippen molar-refractivity contribution in [2.75, 3.05) is 33.0 Å². The summed E-state index contributed by atoms with van der Waals surface area (Å²) >= 11 is 0. The van der Waals surface area contributed by atoms with Gasteiger partial charge in [-0.05, 0) is 20.8 Å². The number of aliphatic hydroxyl groups excluding tert-OH is 1. The van der Waals surface area contributed by atoms with Gasteiger partial charge in [0.25, 0.3) is 5.97 Å². The van der Waals surface area contributed by atoms with Gasteiger partial charge in [-0.3, -0.25) is 4.79 Å². The monoisotopic (exact) mass is 224 g/mol. The van der Waals surface area contributed by atoms with E-state index in [0.29, 0.717) is 0 Å². The fourth-order valence-electron chi connectivity index (χ4n) is 0.407. The van der Waals surface area contributed by atoms with Crippen LogP contribution in [0.3, 0.4) is 0 Å². The molecule has 0 unspecified atom stereocenters. The molecule has 0 aliphatic heterocycles. The molecule has 0 aliphatic carbocycles. The molecule has 0 radical (unpaired) electrons. The zero-order valence-electron chi connectivity index (χ0n) is 10.2.